The lowest BCUT2D eigenvalue weighted by atomic mass is 9.99. The monoisotopic (exact) mass is 497 g/mol. The van der Waals surface area contributed by atoms with Gasteiger partial charge in [-0.1, -0.05) is 25.2 Å². The number of ether oxygens (including phenoxy) is 5. The second-order valence-electron chi connectivity index (χ2n) is 9.32. The summed E-state index contributed by atoms with van der Waals surface area (Å²) in [5, 5.41) is 0. The number of esters is 1. The number of hydrogen-bond donors (Lipinski definition) is 0. The van der Waals surface area contributed by atoms with E-state index >= 15 is 0 Å². The van der Waals surface area contributed by atoms with Gasteiger partial charge in [-0.3, -0.25) is 9.59 Å². The minimum Gasteiger partial charge on any atom is -0.467 e. The zero-order valence-electron chi connectivity index (χ0n) is 21.5. The topological polar surface area (TPSA) is 101 Å². The van der Waals surface area contributed by atoms with Gasteiger partial charge in [-0.05, 0) is 44.9 Å². The van der Waals surface area contributed by atoms with Crippen molar-refractivity contribution in [1.82, 2.24) is 0 Å². The van der Waals surface area contributed by atoms with Crippen molar-refractivity contribution in [2.24, 2.45) is 5.92 Å². The molecule has 2 heterocycles. The molecule has 1 amide bonds. The van der Waals surface area contributed by atoms with Gasteiger partial charge in [0.1, 0.15) is 23.5 Å². The molecule has 9 nitrogen and oxygen atoms in total. The summed E-state index contributed by atoms with van der Waals surface area (Å²) in [5.74, 6) is -2.54. The molecule has 1 aromatic carbocycles. The van der Waals surface area contributed by atoms with Crippen LogP contribution >= 0.6 is 0 Å². The minimum atomic E-state index is -0.922. The van der Waals surface area contributed by atoms with Gasteiger partial charge in [0.15, 0.2) is 24.2 Å². The van der Waals surface area contributed by atoms with Crippen LogP contribution in [-0.4, -0.2) is 70.5 Å². The quantitative estimate of drug-likeness (QED) is 0.353. The third-order valence-electron chi connectivity index (χ3n) is 6.10. The number of fused-ring (bicyclic) bond motifs is 2. The Kier molecular flexibility index (Phi) is 8.76. The standard InChI is InChI=1S/C26H32BNO8/c1-15-10-11-19(29)23-20(35-26(3,4)36-23)9-7-8-17-12-18(28(5)25(27)31)13-21(33-14-32-6)22(17)24(30)34-16(15)2/h7-8,10-13,15-16,20,23H,9,14H2,1-6H3/b8-7?,11-10-/t15-,16+,20+,23?/m1/s1. The van der Waals surface area contributed by atoms with Gasteiger partial charge in [0.2, 0.25) is 7.85 Å². The number of methoxy groups -OCH3 is 1. The van der Waals surface area contributed by atoms with Gasteiger partial charge in [0.25, 0.3) is 0 Å². The molecular formula is C26H32BNO8. The van der Waals surface area contributed by atoms with E-state index in [0.29, 0.717) is 17.7 Å². The average Bonchev–Trinajstić information content (AvgIpc) is 3.13. The lowest BCUT2D eigenvalue weighted by Gasteiger charge is -2.23. The number of benzene rings is 1. The molecule has 2 aliphatic heterocycles. The van der Waals surface area contributed by atoms with Crippen molar-refractivity contribution in [3.8, 4) is 5.75 Å². The summed E-state index contributed by atoms with van der Waals surface area (Å²) in [6.07, 6.45) is 5.09. The van der Waals surface area contributed by atoms with Crippen LogP contribution in [0.4, 0.5) is 10.5 Å². The van der Waals surface area contributed by atoms with Crippen LogP contribution in [-0.2, 0) is 23.7 Å². The van der Waals surface area contributed by atoms with E-state index in [2.05, 4.69) is 0 Å². The second kappa shape index (κ2) is 11.4. The fourth-order valence-corrected chi connectivity index (χ4v) is 3.94. The molecule has 2 radical (unpaired) electrons. The molecule has 0 saturated carbocycles. The number of amides is 1. The van der Waals surface area contributed by atoms with Crippen molar-refractivity contribution >= 4 is 37.2 Å². The van der Waals surface area contributed by atoms with Crippen LogP contribution in [0.1, 0.15) is 50.0 Å². The first kappa shape index (κ1) is 27.6. The Hall–Kier alpha value is -2.95. The number of anilines is 1. The lowest BCUT2D eigenvalue weighted by Crippen LogP contribution is -2.30. The molecule has 1 fully saturated rings. The molecule has 0 spiro atoms. The van der Waals surface area contributed by atoms with Crippen LogP contribution in [0.15, 0.2) is 30.4 Å². The van der Waals surface area contributed by atoms with Gasteiger partial charge in [-0.15, -0.1) is 0 Å². The van der Waals surface area contributed by atoms with Gasteiger partial charge in [-0.25, -0.2) is 4.79 Å². The molecule has 1 unspecified atom stereocenters. The Labute approximate surface area is 212 Å². The molecule has 0 aliphatic carbocycles. The van der Waals surface area contributed by atoms with Crippen molar-refractivity contribution in [3.63, 3.8) is 0 Å². The van der Waals surface area contributed by atoms with Gasteiger partial charge in [-0.2, -0.15) is 0 Å². The van der Waals surface area contributed by atoms with E-state index in [0.717, 1.165) is 0 Å². The van der Waals surface area contributed by atoms with E-state index in [1.807, 2.05) is 6.92 Å². The summed E-state index contributed by atoms with van der Waals surface area (Å²) in [4.78, 5) is 39.3. The van der Waals surface area contributed by atoms with E-state index in [1.165, 1.54) is 31.2 Å². The first-order valence-corrected chi connectivity index (χ1v) is 11.7. The molecule has 1 saturated heterocycles. The normalized spacial score (nSPS) is 26.8. The molecule has 2 aliphatic rings. The highest BCUT2D eigenvalue weighted by Gasteiger charge is 2.43. The Morgan fingerprint density at radius 2 is 1.92 bits per heavy atom. The maximum absolute atomic E-state index is 13.3. The molecule has 4 atom stereocenters. The Bertz CT molecular complexity index is 1070. The zero-order valence-corrected chi connectivity index (χ0v) is 21.5. The zero-order chi connectivity index (χ0) is 26.6. The summed E-state index contributed by atoms with van der Waals surface area (Å²) >= 11 is 0. The van der Waals surface area contributed by atoms with Crippen molar-refractivity contribution in [3.05, 3.63) is 41.5 Å². The van der Waals surface area contributed by atoms with E-state index < -0.39 is 35.9 Å². The van der Waals surface area contributed by atoms with Gasteiger partial charge in [0.05, 0.1) is 6.10 Å². The minimum absolute atomic E-state index is 0.131. The molecule has 0 bridgehead atoms. The van der Waals surface area contributed by atoms with E-state index in [1.54, 1.807) is 45.1 Å². The van der Waals surface area contributed by atoms with Crippen LogP contribution in [0.2, 0.25) is 0 Å². The van der Waals surface area contributed by atoms with E-state index in [-0.39, 0.29) is 29.8 Å². The first-order chi connectivity index (χ1) is 16.9. The van der Waals surface area contributed by atoms with Crippen LogP contribution < -0.4 is 9.64 Å². The number of hydrogen-bond acceptors (Lipinski definition) is 8. The summed E-state index contributed by atoms with van der Waals surface area (Å²) < 4.78 is 28.3. The highest BCUT2D eigenvalue weighted by atomic mass is 16.8. The maximum Gasteiger partial charge on any atom is 0.342 e. The van der Waals surface area contributed by atoms with Crippen molar-refractivity contribution in [2.75, 3.05) is 25.9 Å². The van der Waals surface area contributed by atoms with Crippen molar-refractivity contribution in [2.45, 2.75) is 58.2 Å². The number of rotatable bonds is 4. The van der Waals surface area contributed by atoms with Crippen LogP contribution in [0.5, 0.6) is 5.75 Å². The highest BCUT2D eigenvalue weighted by molar-refractivity contribution is 6.60. The third-order valence-corrected chi connectivity index (χ3v) is 6.10. The van der Waals surface area contributed by atoms with Crippen LogP contribution in [0, 0.1) is 5.92 Å². The largest absolute Gasteiger partial charge is 0.467 e. The molecule has 1 aromatic rings. The highest BCUT2D eigenvalue weighted by Crippen LogP contribution is 2.34. The fraction of sp³-hybridized carbons (Fsp3) is 0.500. The van der Waals surface area contributed by atoms with Gasteiger partial charge >= 0.3 is 5.97 Å². The van der Waals surface area contributed by atoms with E-state index in [4.69, 9.17) is 31.5 Å². The van der Waals surface area contributed by atoms with Gasteiger partial charge in [0, 0.05) is 31.8 Å². The fourth-order valence-electron chi connectivity index (χ4n) is 3.94. The van der Waals surface area contributed by atoms with Crippen LogP contribution in [0.25, 0.3) is 6.08 Å². The summed E-state index contributed by atoms with van der Waals surface area (Å²) in [6.45, 7) is 6.97. The van der Waals surface area contributed by atoms with E-state index in [9.17, 15) is 14.4 Å². The Balaban J connectivity index is 2.13. The first-order valence-electron chi connectivity index (χ1n) is 11.7. The summed E-state index contributed by atoms with van der Waals surface area (Å²) in [6, 6.07) is 3.16. The molecule has 10 heteroatoms. The predicted octanol–water partition coefficient (Wildman–Crippen LogP) is 3.64. The molecular weight excluding hydrogens is 465 g/mol. The number of ketones is 1. The lowest BCUT2D eigenvalue weighted by molar-refractivity contribution is -0.152. The number of cyclic esters (lactones) is 1. The molecule has 36 heavy (non-hydrogen) atoms. The van der Waals surface area contributed by atoms with Gasteiger partial charge < -0.3 is 28.6 Å². The maximum atomic E-state index is 13.3. The third kappa shape index (κ3) is 6.43. The molecule has 0 aromatic heterocycles. The number of carbonyl (C=O) groups excluding carboxylic acids is 3. The smallest absolute Gasteiger partial charge is 0.342 e. The molecule has 192 valence electrons. The predicted molar refractivity (Wildman–Crippen MR) is 134 cm³/mol. The Morgan fingerprint density at radius 1 is 1.19 bits per heavy atom. The Morgan fingerprint density at radius 3 is 2.58 bits per heavy atom. The average molecular weight is 497 g/mol. The molecule has 0 N–H and O–H groups in total. The van der Waals surface area contributed by atoms with Crippen molar-refractivity contribution < 1.29 is 38.1 Å². The molecule has 3 rings (SSSR count). The summed E-state index contributed by atoms with van der Waals surface area (Å²) in [5.41, 5.74) is 1.01. The van der Waals surface area contributed by atoms with Crippen LogP contribution in [0.3, 0.4) is 0 Å². The number of nitrogens with zero attached hydrogens (tertiary/aromatic N) is 1. The summed E-state index contributed by atoms with van der Waals surface area (Å²) in [7, 11) is 8.43. The van der Waals surface area contributed by atoms with Crippen molar-refractivity contribution in [1.29, 1.82) is 0 Å². The SMILES string of the molecule is [B]C(=O)N(C)c1cc2c(c(OCOC)c1)C(=O)O[C@@H](C)[C@H](C)/C=C\C(=O)C1OC(C)(C)O[C@H]1CC=C2. The second-order valence-corrected chi connectivity index (χ2v) is 9.32. The number of carbonyl (C=O) groups is 3.